The molecular weight excluding hydrogens is 435 g/mol. The van der Waals surface area contributed by atoms with Gasteiger partial charge in [0.25, 0.3) is 0 Å². The smallest absolute Gasteiger partial charge is 0.213 e. The van der Waals surface area contributed by atoms with E-state index in [0.717, 1.165) is 30.9 Å². The molecule has 5 nitrogen and oxygen atoms in total. The summed E-state index contributed by atoms with van der Waals surface area (Å²) in [6.07, 6.45) is 3.82. The molecule has 0 saturated heterocycles. The van der Waals surface area contributed by atoms with E-state index in [1.165, 1.54) is 4.88 Å². The maximum atomic E-state index is 5.48. The summed E-state index contributed by atoms with van der Waals surface area (Å²) >= 11 is 1.78. The molecule has 0 spiro atoms. The van der Waals surface area contributed by atoms with E-state index in [0.29, 0.717) is 19.0 Å². The topological polar surface area (TPSA) is 58.5 Å². The van der Waals surface area contributed by atoms with Crippen molar-refractivity contribution >= 4 is 41.3 Å². The fraction of sp³-hybridized carbons (Fsp3) is 0.412. The average Bonchev–Trinajstić information content (AvgIpc) is 3.10. The molecule has 0 unspecified atom stereocenters. The molecule has 0 aliphatic rings. The summed E-state index contributed by atoms with van der Waals surface area (Å²) in [5, 5.41) is 8.71. The van der Waals surface area contributed by atoms with Crippen LogP contribution < -0.4 is 15.4 Å². The van der Waals surface area contributed by atoms with Gasteiger partial charge in [-0.1, -0.05) is 19.1 Å². The molecule has 0 aliphatic carbocycles. The lowest BCUT2D eigenvalue weighted by molar-refractivity contribution is 0.305. The molecule has 0 aromatic carbocycles. The van der Waals surface area contributed by atoms with Gasteiger partial charge in [-0.25, -0.2) is 4.98 Å². The Morgan fingerprint density at radius 1 is 1.29 bits per heavy atom. The zero-order chi connectivity index (χ0) is 16.3. The summed E-state index contributed by atoms with van der Waals surface area (Å²) in [7, 11) is 1.78. The van der Waals surface area contributed by atoms with Crippen LogP contribution in [0.15, 0.2) is 40.8 Å². The van der Waals surface area contributed by atoms with Crippen molar-refractivity contribution in [2.75, 3.05) is 20.2 Å². The van der Waals surface area contributed by atoms with Crippen molar-refractivity contribution in [3.8, 4) is 5.88 Å². The monoisotopic (exact) mass is 460 g/mol. The van der Waals surface area contributed by atoms with Crippen LogP contribution in [0.25, 0.3) is 0 Å². The molecule has 24 heavy (non-hydrogen) atoms. The van der Waals surface area contributed by atoms with Gasteiger partial charge in [0.1, 0.15) is 0 Å². The molecular formula is C17H25IN4OS. The van der Waals surface area contributed by atoms with Gasteiger partial charge in [-0.05, 0) is 29.9 Å². The molecule has 0 radical (unpaired) electrons. The molecule has 0 amide bonds. The van der Waals surface area contributed by atoms with Crippen molar-refractivity contribution < 1.29 is 4.74 Å². The Kier molecular flexibility index (Phi) is 10.4. The van der Waals surface area contributed by atoms with Crippen molar-refractivity contribution in [2.45, 2.75) is 26.3 Å². The number of nitrogens with one attached hydrogen (secondary N) is 2. The fourth-order valence-corrected chi connectivity index (χ4v) is 2.68. The Morgan fingerprint density at radius 2 is 2.17 bits per heavy atom. The zero-order valence-corrected chi connectivity index (χ0v) is 17.3. The van der Waals surface area contributed by atoms with E-state index in [-0.39, 0.29) is 24.0 Å². The lowest BCUT2D eigenvalue weighted by Gasteiger charge is -2.11. The molecule has 2 aromatic heterocycles. The first kappa shape index (κ1) is 20.7. The molecule has 0 aliphatic heterocycles. The van der Waals surface area contributed by atoms with Crippen LogP contribution in [0.4, 0.5) is 0 Å². The number of hydrogen-bond donors (Lipinski definition) is 2. The molecule has 7 heteroatoms. The van der Waals surface area contributed by atoms with Crippen LogP contribution in [-0.2, 0) is 13.0 Å². The van der Waals surface area contributed by atoms with Crippen LogP contribution in [-0.4, -0.2) is 31.1 Å². The Bertz CT molecular complexity index is 587. The zero-order valence-electron chi connectivity index (χ0n) is 14.1. The minimum atomic E-state index is 0. The van der Waals surface area contributed by atoms with Crippen LogP contribution in [0.3, 0.4) is 0 Å². The van der Waals surface area contributed by atoms with Gasteiger partial charge in [0.15, 0.2) is 5.96 Å². The third-order valence-corrected chi connectivity index (χ3v) is 4.12. The number of ether oxygens (including phenoxy) is 1. The third kappa shape index (κ3) is 7.48. The van der Waals surface area contributed by atoms with E-state index in [2.05, 4.69) is 45.0 Å². The van der Waals surface area contributed by atoms with Crippen LogP contribution in [0, 0.1) is 0 Å². The predicted molar refractivity (Wildman–Crippen MR) is 112 cm³/mol. The molecule has 2 heterocycles. The molecule has 0 fully saturated rings. The minimum absolute atomic E-state index is 0. The lowest BCUT2D eigenvalue weighted by atomic mass is 10.3. The molecule has 2 rings (SSSR count). The molecule has 132 valence electrons. The highest BCUT2D eigenvalue weighted by Crippen LogP contribution is 2.08. The van der Waals surface area contributed by atoms with Gasteiger partial charge in [-0.15, -0.1) is 35.3 Å². The number of hydrogen-bond acceptors (Lipinski definition) is 4. The van der Waals surface area contributed by atoms with Crippen LogP contribution in [0.5, 0.6) is 5.88 Å². The van der Waals surface area contributed by atoms with Crippen molar-refractivity contribution in [2.24, 2.45) is 4.99 Å². The van der Waals surface area contributed by atoms with Crippen molar-refractivity contribution in [3.05, 3.63) is 46.3 Å². The molecule has 0 bridgehead atoms. The predicted octanol–water partition coefficient (Wildman–Crippen LogP) is 3.46. The normalized spacial score (nSPS) is 10.8. The number of pyridine rings is 1. The largest absolute Gasteiger partial charge is 0.478 e. The van der Waals surface area contributed by atoms with Gasteiger partial charge in [0.05, 0.1) is 6.61 Å². The van der Waals surface area contributed by atoms with Gasteiger partial charge in [0, 0.05) is 37.3 Å². The van der Waals surface area contributed by atoms with Gasteiger partial charge in [0.2, 0.25) is 5.88 Å². The first-order valence-corrected chi connectivity index (χ1v) is 8.74. The summed E-state index contributed by atoms with van der Waals surface area (Å²) in [6.45, 7) is 4.32. The average molecular weight is 460 g/mol. The Hall–Kier alpha value is -1.35. The number of guanidine groups is 1. The van der Waals surface area contributed by atoms with Crippen LogP contribution in [0.1, 0.15) is 23.8 Å². The second-order valence-electron chi connectivity index (χ2n) is 5.04. The minimum Gasteiger partial charge on any atom is -0.478 e. The standard InChI is InChI=1S/C17H24N4OS.HI/c1-3-10-22-16-7-6-14(12-20-16)13-21-17(18-2)19-9-8-15-5-4-11-23-15;/h4-7,11-12H,3,8-10,13H2,1-2H3,(H2,18,19,21);1H. The SMILES string of the molecule is CCCOc1ccc(CNC(=NC)NCCc2cccs2)cn1.I. The van der Waals surface area contributed by atoms with Crippen LogP contribution in [0.2, 0.25) is 0 Å². The first-order valence-electron chi connectivity index (χ1n) is 7.86. The molecule has 2 N–H and O–H groups in total. The third-order valence-electron chi connectivity index (χ3n) is 3.18. The number of thiophene rings is 1. The number of rotatable bonds is 8. The second-order valence-corrected chi connectivity index (χ2v) is 6.07. The Labute approximate surface area is 165 Å². The van der Waals surface area contributed by atoms with Crippen LogP contribution >= 0.6 is 35.3 Å². The van der Waals surface area contributed by atoms with E-state index < -0.39 is 0 Å². The number of halogens is 1. The summed E-state index contributed by atoms with van der Waals surface area (Å²) < 4.78 is 5.48. The van der Waals surface area contributed by atoms with Gasteiger partial charge in [-0.3, -0.25) is 4.99 Å². The van der Waals surface area contributed by atoms with E-state index in [1.807, 2.05) is 18.3 Å². The summed E-state index contributed by atoms with van der Waals surface area (Å²) in [4.78, 5) is 9.90. The molecule has 0 atom stereocenters. The van der Waals surface area contributed by atoms with Gasteiger partial charge < -0.3 is 15.4 Å². The van der Waals surface area contributed by atoms with E-state index in [1.54, 1.807) is 18.4 Å². The molecule has 0 saturated carbocycles. The lowest BCUT2D eigenvalue weighted by Crippen LogP contribution is -2.37. The van der Waals surface area contributed by atoms with E-state index >= 15 is 0 Å². The number of aliphatic imine (C=N–C) groups is 1. The quantitative estimate of drug-likeness (QED) is 0.360. The van der Waals surface area contributed by atoms with E-state index in [9.17, 15) is 0 Å². The van der Waals surface area contributed by atoms with Gasteiger partial charge in [-0.2, -0.15) is 0 Å². The number of nitrogens with zero attached hydrogens (tertiary/aromatic N) is 2. The number of aromatic nitrogens is 1. The highest BCUT2D eigenvalue weighted by Gasteiger charge is 2.01. The Balaban J connectivity index is 0.00000288. The van der Waals surface area contributed by atoms with E-state index in [4.69, 9.17) is 4.74 Å². The fourth-order valence-electron chi connectivity index (χ4n) is 1.97. The highest BCUT2D eigenvalue weighted by atomic mass is 127. The Morgan fingerprint density at radius 3 is 2.79 bits per heavy atom. The summed E-state index contributed by atoms with van der Waals surface area (Å²) in [5.74, 6) is 1.47. The van der Waals surface area contributed by atoms with Gasteiger partial charge >= 0.3 is 0 Å². The summed E-state index contributed by atoms with van der Waals surface area (Å²) in [6, 6.07) is 8.15. The summed E-state index contributed by atoms with van der Waals surface area (Å²) in [5.41, 5.74) is 1.09. The highest BCUT2D eigenvalue weighted by molar-refractivity contribution is 14.0. The van der Waals surface area contributed by atoms with Crippen molar-refractivity contribution in [3.63, 3.8) is 0 Å². The van der Waals surface area contributed by atoms with Crippen molar-refractivity contribution in [1.29, 1.82) is 0 Å². The maximum Gasteiger partial charge on any atom is 0.213 e. The van der Waals surface area contributed by atoms with Crippen molar-refractivity contribution in [1.82, 2.24) is 15.6 Å². The second kappa shape index (κ2) is 12.1. The maximum absolute atomic E-state index is 5.48. The first-order chi connectivity index (χ1) is 11.3. The molecule has 2 aromatic rings.